The monoisotopic (exact) mass is 467 g/mol. The molecular weight excluding hydrogens is 445 g/mol. The molecule has 0 aromatic heterocycles. The molecule has 9 heteroatoms. The second-order valence-corrected chi connectivity index (χ2v) is 9.15. The van der Waals surface area contributed by atoms with Gasteiger partial charge in [-0.2, -0.15) is 5.10 Å². The van der Waals surface area contributed by atoms with Crippen molar-refractivity contribution < 1.29 is 22.3 Å². The second-order valence-electron chi connectivity index (χ2n) is 7.41. The van der Waals surface area contributed by atoms with Crippen LogP contribution in [-0.4, -0.2) is 38.7 Å². The molecule has 1 heterocycles. The molecule has 0 bridgehead atoms. The number of amides is 1. The standard InChI is InChI=1S/C24H22FN3O4S/c1-32-22-11-10-18(15-23(22)33(30,31)26-16-17-6-3-2-4-7-17)21-12-13-28(27-21)24(29)19-8-5-9-20(25)14-19/h2-11,14-15,26H,12-13,16H2,1H3. The molecule has 0 spiro atoms. The van der Waals surface area contributed by atoms with Gasteiger partial charge in [0, 0.05) is 18.5 Å². The van der Waals surface area contributed by atoms with Gasteiger partial charge in [0.25, 0.3) is 5.91 Å². The maximum atomic E-state index is 13.5. The minimum Gasteiger partial charge on any atom is -0.495 e. The third kappa shape index (κ3) is 5.10. The molecule has 1 aliphatic heterocycles. The summed E-state index contributed by atoms with van der Waals surface area (Å²) in [6.07, 6.45) is 0.435. The predicted octanol–water partition coefficient (Wildman–Crippen LogP) is 3.56. The average molecular weight is 468 g/mol. The highest BCUT2D eigenvalue weighted by atomic mass is 32.2. The third-order valence-electron chi connectivity index (χ3n) is 5.20. The maximum absolute atomic E-state index is 13.5. The molecule has 1 N–H and O–H groups in total. The van der Waals surface area contributed by atoms with Crippen molar-refractivity contribution >= 4 is 21.6 Å². The molecule has 1 amide bonds. The fourth-order valence-corrected chi connectivity index (χ4v) is 4.71. The van der Waals surface area contributed by atoms with Crippen molar-refractivity contribution in [1.82, 2.24) is 9.73 Å². The Morgan fingerprint density at radius 2 is 1.88 bits per heavy atom. The molecule has 1 aliphatic rings. The van der Waals surface area contributed by atoms with E-state index in [-0.39, 0.29) is 22.8 Å². The first kappa shape index (κ1) is 22.6. The van der Waals surface area contributed by atoms with Crippen LogP contribution < -0.4 is 9.46 Å². The van der Waals surface area contributed by atoms with Gasteiger partial charge in [0.05, 0.1) is 19.4 Å². The van der Waals surface area contributed by atoms with Crippen LogP contribution in [0.25, 0.3) is 0 Å². The number of ether oxygens (including phenoxy) is 1. The number of carbonyl (C=O) groups excluding carboxylic acids is 1. The van der Waals surface area contributed by atoms with E-state index in [1.54, 1.807) is 12.1 Å². The summed E-state index contributed by atoms with van der Waals surface area (Å²) in [5.74, 6) is -0.724. The van der Waals surface area contributed by atoms with E-state index < -0.39 is 21.7 Å². The number of benzene rings is 3. The van der Waals surface area contributed by atoms with Gasteiger partial charge in [-0.3, -0.25) is 4.79 Å². The van der Waals surface area contributed by atoms with Crippen LogP contribution in [0.4, 0.5) is 4.39 Å². The van der Waals surface area contributed by atoms with Crippen LogP contribution in [-0.2, 0) is 16.6 Å². The Kier molecular flexibility index (Phi) is 6.52. The van der Waals surface area contributed by atoms with Crippen molar-refractivity contribution in [2.75, 3.05) is 13.7 Å². The Hall–Kier alpha value is -3.56. The van der Waals surface area contributed by atoms with Gasteiger partial charge in [-0.25, -0.2) is 22.5 Å². The lowest BCUT2D eigenvalue weighted by atomic mass is 10.1. The molecule has 0 radical (unpaired) electrons. The topological polar surface area (TPSA) is 88.1 Å². The van der Waals surface area contributed by atoms with Crippen LogP contribution in [0.15, 0.2) is 82.8 Å². The van der Waals surface area contributed by atoms with Crippen molar-refractivity contribution in [3.63, 3.8) is 0 Å². The SMILES string of the molecule is COc1ccc(C2=NN(C(=O)c3cccc(F)c3)CC2)cc1S(=O)(=O)NCc1ccccc1. The zero-order valence-corrected chi connectivity index (χ0v) is 18.7. The first-order valence-electron chi connectivity index (χ1n) is 10.2. The van der Waals surface area contributed by atoms with Crippen LogP contribution in [0.2, 0.25) is 0 Å². The zero-order valence-electron chi connectivity index (χ0n) is 17.9. The van der Waals surface area contributed by atoms with Crippen LogP contribution in [0.1, 0.15) is 27.9 Å². The molecule has 0 aliphatic carbocycles. The normalized spacial score (nSPS) is 13.6. The molecule has 170 valence electrons. The predicted molar refractivity (Wildman–Crippen MR) is 122 cm³/mol. The number of methoxy groups -OCH3 is 1. The summed E-state index contributed by atoms with van der Waals surface area (Å²) in [5.41, 5.74) is 2.14. The fraction of sp³-hybridized carbons (Fsp3) is 0.167. The Morgan fingerprint density at radius 3 is 2.61 bits per heavy atom. The summed E-state index contributed by atoms with van der Waals surface area (Å²) in [5, 5.41) is 5.62. The van der Waals surface area contributed by atoms with E-state index >= 15 is 0 Å². The Bertz CT molecular complexity index is 1310. The number of nitrogens with zero attached hydrogens (tertiary/aromatic N) is 2. The maximum Gasteiger partial charge on any atom is 0.274 e. The highest BCUT2D eigenvalue weighted by Crippen LogP contribution is 2.27. The lowest BCUT2D eigenvalue weighted by Gasteiger charge is -2.13. The summed E-state index contributed by atoms with van der Waals surface area (Å²) >= 11 is 0. The number of halogens is 1. The van der Waals surface area contributed by atoms with E-state index in [0.717, 1.165) is 11.6 Å². The highest BCUT2D eigenvalue weighted by molar-refractivity contribution is 7.89. The van der Waals surface area contributed by atoms with E-state index in [4.69, 9.17) is 4.74 Å². The number of nitrogens with one attached hydrogen (secondary N) is 1. The molecule has 7 nitrogen and oxygen atoms in total. The van der Waals surface area contributed by atoms with Gasteiger partial charge in [-0.05, 0) is 47.5 Å². The molecular formula is C24H22FN3O4S. The van der Waals surface area contributed by atoms with Crippen molar-refractivity contribution in [3.05, 3.63) is 95.3 Å². The molecule has 0 saturated heterocycles. The van der Waals surface area contributed by atoms with Gasteiger partial charge < -0.3 is 4.74 Å². The molecule has 33 heavy (non-hydrogen) atoms. The third-order valence-corrected chi connectivity index (χ3v) is 6.63. The largest absolute Gasteiger partial charge is 0.495 e. The number of rotatable bonds is 7. The average Bonchev–Trinajstić information content (AvgIpc) is 3.33. The van der Waals surface area contributed by atoms with Gasteiger partial charge in [-0.15, -0.1) is 0 Å². The number of hydrogen-bond acceptors (Lipinski definition) is 5. The number of sulfonamides is 1. The van der Waals surface area contributed by atoms with E-state index in [1.807, 2.05) is 30.3 Å². The van der Waals surface area contributed by atoms with E-state index in [0.29, 0.717) is 24.2 Å². The Morgan fingerprint density at radius 1 is 1.09 bits per heavy atom. The summed E-state index contributed by atoms with van der Waals surface area (Å²) in [6, 6.07) is 19.3. The minimum absolute atomic E-state index is 0.0176. The summed E-state index contributed by atoms with van der Waals surface area (Å²) in [4.78, 5) is 12.6. The lowest BCUT2D eigenvalue weighted by Crippen LogP contribution is -2.24. The van der Waals surface area contributed by atoms with Crippen LogP contribution >= 0.6 is 0 Å². The highest BCUT2D eigenvalue weighted by Gasteiger charge is 2.26. The Labute approximate surface area is 191 Å². The lowest BCUT2D eigenvalue weighted by molar-refractivity contribution is 0.0778. The van der Waals surface area contributed by atoms with Gasteiger partial charge >= 0.3 is 0 Å². The fourth-order valence-electron chi connectivity index (χ4n) is 3.50. The smallest absolute Gasteiger partial charge is 0.274 e. The summed E-state index contributed by atoms with van der Waals surface area (Å²) in [6.45, 7) is 0.443. The van der Waals surface area contributed by atoms with Crippen LogP contribution in [0.5, 0.6) is 5.75 Å². The quantitative estimate of drug-likeness (QED) is 0.576. The van der Waals surface area contributed by atoms with Crippen molar-refractivity contribution in [3.8, 4) is 5.75 Å². The zero-order chi connectivity index (χ0) is 23.4. The first-order valence-corrected chi connectivity index (χ1v) is 11.7. The summed E-state index contributed by atoms with van der Waals surface area (Å²) in [7, 11) is -2.48. The Balaban J connectivity index is 1.58. The van der Waals surface area contributed by atoms with Crippen molar-refractivity contribution in [2.24, 2.45) is 5.10 Å². The second kappa shape index (κ2) is 9.51. The minimum atomic E-state index is -3.88. The molecule has 0 unspecified atom stereocenters. The van der Waals surface area contributed by atoms with Crippen molar-refractivity contribution in [2.45, 2.75) is 17.9 Å². The molecule has 4 rings (SSSR count). The first-order chi connectivity index (χ1) is 15.9. The van der Waals surface area contributed by atoms with Gasteiger partial charge in [0.2, 0.25) is 10.0 Å². The number of hydrazone groups is 1. The number of carbonyl (C=O) groups is 1. The molecule has 0 saturated carbocycles. The van der Waals surface area contributed by atoms with Gasteiger partial charge in [0.1, 0.15) is 16.5 Å². The molecule has 3 aromatic carbocycles. The number of hydrogen-bond donors (Lipinski definition) is 1. The van der Waals surface area contributed by atoms with E-state index in [1.165, 1.54) is 36.4 Å². The van der Waals surface area contributed by atoms with E-state index in [9.17, 15) is 17.6 Å². The molecule has 0 atom stereocenters. The van der Waals surface area contributed by atoms with Crippen molar-refractivity contribution in [1.29, 1.82) is 0 Å². The van der Waals surface area contributed by atoms with Gasteiger partial charge in [0.15, 0.2) is 0 Å². The van der Waals surface area contributed by atoms with Crippen LogP contribution in [0.3, 0.4) is 0 Å². The van der Waals surface area contributed by atoms with Crippen LogP contribution in [0, 0.1) is 5.82 Å². The van der Waals surface area contributed by atoms with Gasteiger partial charge in [-0.1, -0.05) is 36.4 Å². The molecule has 0 fully saturated rings. The summed E-state index contributed by atoms with van der Waals surface area (Å²) < 4.78 is 47.4. The van der Waals surface area contributed by atoms with E-state index in [2.05, 4.69) is 9.82 Å². The molecule has 3 aromatic rings.